The number of para-hydroxylation sites is 1. The molecule has 0 atom stereocenters. The Balaban J connectivity index is 1.55. The summed E-state index contributed by atoms with van der Waals surface area (Å²) in [5, 5.41) is 4.20. The van der Waals surface area contributed by atoms with Crippen LogP contribution in [0.4, 0.5) is 0 Å². The Labute approximate surface area is 153 Å². The molecule has 2 aromatic carbocycles. The molecule has 3 rings (SSSR count). The second kappa shape index (κ2) is 8.43. The molecule has 0 saturated carbocycles. The largest absolute Gasteiger partial charge is 0.493 e. The van der Waals surface area contributed by atoms with Crippen molar-refractivity contribution in [2.24, 2.45) is 0 Å². The lowest BCUT2D eigenvalue weighted by atomic mass is 10.2. The van der Waals surface area contributed by atoms with Crippen LogP contribution in [0.2, 0.25) is 0 Å². The van der Waals surface area contributed by atoms with Gasteiger partial charge in [-0.05, 0) is 49.1 Å². The van der Waals surface area contributed by atoms with Gasteiger partial charge in [0.2, 0.25) is 0 Å². The maximum Gasteiger partial charge on any atom is 0.251 e. The Morgan fingerprint density at radius 3 is 2.77 bits per heavy atom. The molecule has 3 aromatic rings. The van der Waals surface area contributed by atoms with Crippen LogP contribution in [0.3, 0.4) is 0 Å². The van der Waals surface area contributed by atoms with Crippen LogP contribution >= 0.6 is 0 Å². The molecule has 5 nitrogen and oxygen atoms in total. The third-order valence-corrected chi connectivity index (χ3v) is 4.27. The number of fused-ring (bicyclic) bond motifs is 1. The van der Waals surface area contributed by atoms with Gasteiger partial charge in [0.15, 0.2) is 11.5 Å². The summed E-state index contributed by atoms with van der Waals surface area (Å²) in [7, 11) is 1.59. The van der Waals surface area contributed by atoms with Gasteiger partial charge >= 0.3 is 0 Å². The highest BCUT2D eigenvalue weighted by Gasteiger charge is 2.10. The van der Waals surface area contributed by atoms with Gasteiger partial charge in [0, 0.05) is 30.4 Å². The molecule has 1 N–H and O–H groups in total. The smallest absolute Gasteiger partial charge is 0.251 e. The number of ether oxygens (including phenoxy) is 2. The Kier molecular flexibility index (Phi) is 5.79. The third-order valence-electron chi connectivity index (χ3n) is 4.27. The zero-order chi connectivity index (χ0) is 18.4. The topological polar surface area (TPSA) is 52.5 Å². The number of nitrogens with zero attached hydrogens (tertiary/aromatic N) is 1. The average Bonchev–Trinajstić information content (AvgIpc) is 3.08. The summed E-state index contributed by atoms with van der Waals surface area (Å²) < 4.78 is 13.0. The monoisotopic (exact) mass is 352 g/mol. The Bertz CT molecular complexity index is 886. The maximum atomic E-state index is 12.4. The first-order chi connectivity index (χ1) is 12.7. The molecule has 0 aliphatic carbocycles. The Hall–Kier alpha value is -2.95. The van der Waals surface area contributed by atoms with Crippen LogP contribution in [-0.4, -0.2) is 30.7 Å². The van der Waals surface area contributed by atoms with Gasteiger partial charge < -0.3 is 19.4 Å². The highest BCUT2D eigenvalue weighted by molar-refractivity contribution is 5.94. The van der Waals surface area contributed by atoms with Crippen LogP contribution in [-0.2, 0) is 6.54 Å². The molecule has 26 heavy (non-hydrogen) atoms. The van der Waals surface area contributed by atoms with E-state index < -0.39 is 0 Å². The van der Waals surface area contributed by atoms with E-state index in [0.717, 1.165) is 13.0 Å². The van der Waals surface area contributed by atoms with E-state index in [2.05, 4.69) is 34.3 Å². The van der Waals surface area contributed by atoms with Gasteiger partial charge in [0.05, 0.1) is 13.7 Å². The first kappa shape index (κ1) is 17.9. The summed E-state index contributed by atoms with van der Waals surface area (Å²) in [5.74, 6) is 1.11. The Morgan fingerprint density at radius 1 is 1.12 bits per heavy atom. The van der Waals surface area contributed by atoms with E-state index in [4.69, 9.17) is 9.47 Å². The number of amides is 1. The maximum absolute atomic E-state index is 12.4. The zero-order valence-corrected chi connectivity index (χ0v) is 15.2. The number of hydrogen-bond donors (Lipinski definition) is 1. The summed E-state index contributed by atoms with van der Waals surface area (Å²) in [6, 6.07) is 15.6. The molecule has 0 saturated heterocycles. The fourth-order valence-corrected chi connectivity index (χ4v) is 2.98. The molecule has 0 aliphatic heterocycles. The van der Waals surface area contributed by atoms with Crippen molar-refractivity contribution >= 4 is 16.8 Å². The summed E-state index contributed by atoms with van der Waals surface area (Å²) >= 11 is 0. The summed E-state index contributed by atoms with van der Waals surface area (Å²) in [4.78, 5) is 12.4. The molecule has 0 fully saturated rings. The predicted molar refractivity (Wildman–Crippen MR) is 103 cm³/mol. The number of carbonyl (C=O) groups excluding carboxylic acids is 1. The van der Waals surface area contributed by atoms with E-state index in [9.17, 15) is 4.79 Å². The quantitative estimate of drug-likeness (QED) is 0.626. The zero-order valence-electron chi connectivity index (χ0n) is 15.2. The third kappa shape index (κ3) is 3.99. The lowest BCUT2D eigenvalue weighted by Crippen LogP contribution is -2.25. The van der Waals surface area contributed by atoms with E-state index in [0.29, 0.717) is 30.2 Å². The van der Waals surface area contributed by atoms with Crippen LogP contribution in [0.1, 0.15) is 23.7 Å². The van der Waals surface area contributed by atoms with E-state index in [-0.39, 0.29) is 5.91 Å². The van der Waals surface area contributed by atoms with Crippen molar-refractivity contribution in [2.75, 3.05) is 20.3 Å². The highest BCUT2D eigenvalue weighted by Crippen LogP contribution is 2.28. The predicted octanol–water partition coefficient (Wildman–Crippen LogP) is 3.87. The van der Waals surface area contributed by atoms with Crippen molar-refractivity contribution < 1.29 is 14.3 Å². The minimum absolute atomic E-state index is 0.106. The molecule has 0 spiro atoms. The average molecular weight is 352 g/mol. The van der Waals surface area contributed by atoms with Crippen molar-refractivity contribution in [2.45, 2.75) is 19.9 Å². The number of aromatic nitrogens is 1. The fraction of sp³-hybridized carbons (Fsp3) is 0.286. The number of benzene rings is 2. The van der Waals surface area contributed by atoms with Crippen molar-refractivity contribution in [3.05, 3.63) is 60.3 Å². The molecular weight excluding hydrogens is 328 g/mol. The van der Waals surface area contributed by atoms with Crippen molar-refractivity contribution in [1.29, 1.82) is 0 Å². The molecule has 1 amide bonds. The Morgan fingerprint density at radius 2 is 1.96 bits per heavy atom. The minimum atomic E-state index is -0.106. The van der Waals surface area contributed by atoms with Gasteiger partial charge in [-0.3, -0.25) is 4.79 Å². The second-order valence-corrected chi connectivity index (χ2v) is 5.98. The molecule has 1 heterocycles. The molecule has 0 bridgehead atoms. The fourth-order valence-electron chi connectivity index (χ4n) is 2.98. The van der Waals surface area contributed by atoms with E-state index in [1.807, 2.05) is 19.1 Å². The van der Waals surface area contributed by atoms with Crippen molar-refractivity contribution in [3.63, 3.8) is 0 Å². The number of carbonyl (C=O) groups is 1. The molecule has 0 aliphatic rings. The summed E-state index contributed by atoms with van der Waals surface area (Å²) in [6.07, 6.45) is 2.95. The standard InChI is InChI=1S/C21H24N2O3/c1-3-26-20-15-17(9-10-19(20)25-2)21(24)22-12-6-13-23-14-11-16-7-4-5-8-18(16)23/h4-5,7-11,14-15H,3,6,12-13H2,1-2H3,(H,22,24). The van der Waals surface area contributed by atoms with Gasteiger partial charge in [-0.25, -0.2) is 0 Å². The van der Waals surface area contributed by atoms with Crippen LogP contribution in [0.15, 0.2) is 54.7 Å². The van der Waals surface area contributed by atoms with Crippen molar-refractivity contribution in [3.8, 4) is 11.5 Å². The lowest BCUT2D eigenvalue weighted by molar-refractivity contribution is 0.0952. The van der Waals surface area contributed by atoms with Gasteiger partial charge in [-0.15, -0.1) is 0 Å². The van der Waals surface area contributed by atoms with Crippen LogP contribution in [0.5, 0.6) is 11.5 Å². The molecule has 136 valence electrons. The number of methoxy groups -OCH3 is 1. The molecular formula is C21H24N2O3. The van der Waals surface area contributed by atoms with Gasteiger partial charge in [0.25, 0.3) is 5.91 Å². The van der Waals surface area contributed by atoms with Gasteiger partial charge in [-0.2, -0.15) is 0 Å². The molecule has 0 radical (unpaired) electrons. The van der Waals surface area contributed by atoms with Gasteiger partial charge in [-0.1, -0.05) is 18.2 Å². The number of rotatable bonds is 8. The lowest BCUT2D eigenvalue weighted by Gasteiger charge is -2.11. The van der Waals surface area contributed by atoms with E-state index in [1.54, 1.807) is 25.3 Å². The first-order valence-corrected chi connectivity index (χ1v) is 8.86. The summed E-state index contributed by atoms with van der Waals surface area (Å²) in [6.45, 7) is 3.89. The second-order valence-electron chi connectivity index (χ2n) is 5.98. The number of nitrogens with one attached hydrogen (secondary N) is 1. The molecule has 0 unspecified atom stereocenters. The normalized spacial score (nSPS) is 10.7. The van der Waals surface area contributed by atoms with Crippen LogP contribution < -0.4 is 14.8 Å². The first-order valence-electron chi connectivity index (χ1n) is 8.86. The molecule has 1 aromatic heterocycles. The number of aryl methyl sites for hydroxylation is 1. The van der Waals surface area contributed by atoms with E-state index in [1.165, 1.54) is 10.9 Å². The molecule has 5 heteroatoms. The van der Waals surface area contributed by atoms with Crippen molar-refractivity contribution in [1.82, 2.24) is 9.88 Å². The summed E-state index contributed by atoms with van der Waals surface area (Å²) in [5.41, 5.74) is 1.79. The highest BCUT2D eigenvalue weighted by atomic mass is 16.5. The number of hydrogen-bond acceptors (Lipinski definition) is 3. The van der Waals surface area contributed by atoms with Gasteiger partial charge in [0.1, 0.15) is 0 Å². The minimum Gasteiger partial charge on any atom is -0.493 e. The van der Waals surface area contributed by atoms with E-state index >= 15 is 0 Å². The van der Waals surface area contributed by atoms with Crippen LogP contribution in [0.25, 0.3) is 10.9 Å². The SMILES string of the molecule is CCOc1cc(C(=O)NCCCn2ccc3ccccc32)ccc1OC. The van der Waals surface area contributed by atoms with Crippen LogP contribution in [0, 0.1) is 0 Å².